The number of aryl methyl sites for hydroxylation is 1. The summed E-state index contributed by atoms with van der Waals surface area (Å²) in [5.41, 5.74) is 0.534. The Morgan fingerprint density at radius 3 is 2.60 bits per heavy atom. The van der Waals surface area contributed by atoms with E-state index < -0.39 is 5.54 Å². The van der Waals surface area contributed by atoms with E-state index in [0.29, 0.717) is 12.3 Å². The Labute approximate surface area is 121 Å². The average molecular weight is 270 g/mol. The zero-order chi connectivity index (χ0) is 14.4. The van der Waals surface area contributed by atoms with E-state index in [1.165, 1.54) is 0 Å². The quantitative estimate of drug-likeness (QED) is 0.913. The number of carbonyl (C=O) groups is 1. The number of benzene rings is 1. The van der Waals surface area contributed by atoms with Gasteiger partial charge in [0.15, 0.2) is 0 Å². The van der Waals surface area contributed by atoms with Crippen molar-refractivity contribution < 1.29 is 4.79 Å². The second kappa shape index (κ2) is 6.56. The van der Waals surface area contributed by atoms with Crippen LogP contribution in [0.25, 0.3) is 0 Å². The van der Waals surface area contributed by atoms with E-state index in [0.717, 1.165) is 37.7 Å². The molecule has 1 fully saturated rings. The molecule has 106 valence electrons. The van der Waals surface area contributed by atoms with Gasteiger partial charge in [0.25, 0.3) is 0 Å². The standard InChI is InChI=1S/C17H22N2O/c1-14-9-11-17(13-18,12-10-14)19-16(20)8-7-15-5-3-2-4-6-15/h2-6,14H,7-12H2,1H3,(H,19,20). The van der Waals surface area contributed by atoms with Crippen molar-refractivity contribution in [3.63, 3.8) is 0 Å². The number of hydrogen-bond donors (Lipinski definition) is 1. The molecule has 1 N–H and O–H groups in total. The summed E-state index contributed by atoms with van der Waals surface area (Å²) < 4.78 is 0. The Hall–Kier alpha value is -1.82. The number of nitrogens with zero attached hydrogens (tertiary/aromatic N) is 1. The van der Waals surface area contributed by atoms with Crippen LogP contribution in [0.4, 0.5) is 0 Å². The summed E-state index contributed by atoms with van der Waals surface area (Å²) in [5.74, 6) is 0.655. The van der Waals surface area contributed by atoms with Crippen molar-refractivity contribution in [1.29, 1.82) is 5.26 Å². The second-order valence-corrected chi connectivity index (χ2v) is 5.91. The van der Waals surface area contributed by atoms with Gasteiger partial charge in [-0.15, -0.1) is 0 Å². The largest absolute Gasteiger partial charge is 0.338 e. The highest BCUT2D eigenvalue weighted by atomic mass is 16.1. The minimum Gasteiger partial charge on any atom is -0.338 e. The summed E-state index contributed by atoms with van der Waals surface area (Å²) in [5, 5.41) is 12.4. The first-order valence-electron chi connectivity index (χ1n) is 7.40. The van der Waals surface area contributed by atoms with Gasteiger partial charge in [0, 0.05) is 6.42 Å². The molecule has 0 heterocycles. The molecular formula is C17H22N2O. The van der Waals surface area contributed by atoms with E-state index in [1.807, 2.05) is 30.3 Å². The van der Waals surface area contributed by atoms with E-state index >= 15 is 0 Å². The maximum absolute atomic E-state index is 12.1. The van der Waals surface area contributed by atoms with Crippen molar-refractivity contribution in [1.82, 2.24) is 5.32 Å². The molecule has 1 amide bonds. The van der Waals surface area contributed by atoms with Crippen molar-refractivity contribution >= 4 is 5.91 Å². The van der Waals surface area contributed by atoms with Gasteiger partial charge < -0.3 is 5.32 Å². The van der Waals surface area contributed by atoms with Crippen LogP contribution in [0, 0.1) is 17.2 Å². The zero-order valence-electron chi connectivity index (χ0n) is 12.1. The predicted molar refractivity (Wildman–Crippen MR) is 78.9 cm³/mol. The van der Waals surface area contributed by atoms with Gasteiger partial charge in [-0.3, -0.25) is 4.79 Å². The van der Waals surface area contributed by atoms with Gasteiger partial charge >= 0.3 is 0 Å². The van der Waals surface area contributed by atoms with Crippen LogP contribution >= 0.6 is 0 Å². The average Bonchev–Trinajstić information content (AvgIpc) is 2.49. The second-order valence-electron chi connectivity index (χ2n) is 5.91. The third kappa shape index (κ3) is 3.84. The summed E-state index contributed by atoms with van der Waals surface area (Å²) in [6.07, 6.45) is 4.77. The van der Waals surface area contributed by atoms with E-state index in [1.54, 1.807) is 0 Å². The molecule has 3 heteroatoms. The number of rotatable bonds is 4. The maximum Gasteiger partial charge on any atom is 0.221 e. The number of amides is 1. The number of carbonyl (C=O) groups excluding carboxylic acids is 1. The molecule has 0 bridgehead atoms. The SMILES string of the molecule is CC1CCC(C#N)(NC(=O)CCc2ccccc2)CC1. The molecule has 1 aromatic carbocycles. The van der Waals surface area contributed by atoms with Gasteiger partial charge in [0.1, 0.15) is 5.54 Å². The first kappa shape index (κ1) is 14.6. The molecule has 0 saturated heterocycles. The van der Waals surface area contributed by atoms with Crippen LogP contribution in [0.5, 0.6) is 0 Å². The van der Waals surface area contributed by atoms with Gasteiger partial charge in [0.05, 0.1) is 6.07 Å². The lowest BCUT2D eigenvalue weighted by molar-refractivity contribution is -0.122. The Morgan fingerprint density at radius 2 is 2.00 bits per heavy atom. The van der Waals surface area contributed by atoms with E-state index in [2.05, 4.69) is 18.3 Å². The van der Waals surface area contributed by atoms with Gasteiger partial charge in [-0.05, 0) is 43.6 Å². The fourth-order valence-corrected chi connectivity index (χ4v) is 2.75. The van der Waals surface area contributed by atoms with Crippen LogP contribution < -0.4 is 5.32 Å². The van der Waals surface area contributed by atoms with Crippen molar-refractivity contribution in [2.45, 2.75) is 51.0 Å². The molecule has 1 aliphatic rings. The smallest absolute Gasteiger partial charge is 0.221 e. The highest BCUT2D eigenvalue weighted by molar-refractivity contribution is 5.77. The molecule has 20 heavy (non-hydrogen) atoms. The highest BCUT2D eigenvalue weighted by Gasteiger charge is 2.35. The van der Waals surface area contributed by atoms with Crippen LogP contribution in [0.15, 0.2) is 30.3 Å². The van der Waals surface area contributed by atoms with Crippen molar-refractivity contribution in [2.24, 2.45) is 5.92 Å². The molecular weight excluding hydrogens is 248 g/mol. The Bertz CT molecular complexity index is 481. The van der Waals surface area contributed by atoms with E-state index in [9.17, 15) is 10.1 Å². The van der Waals surface area contributed by atoms with Gasteiger partial charge in [-0.2, -0.15) is 5.26 Å². The van der Waals surface area contributed by atoms with Crippen LogP contribution in [-0.4, -0.2) is 11.4 Å². The minimum atomic E-state index is -0.625. The highest BCUT2D eigenvalue weighted by Crippen LogP contribution is 2.31. The molecule has 0 aliphatic heterocycles. The molecule has 3 nitrogen and oxygen atoms in total. The first-order valence-corrected chi connectivity index (χ1v) is 7.40. The van der Waals surface area contributed by atoms with Gasteiger partial charge in [-0.1, -0.05) is 37.3 Å². The van der Waals surface area contributed by atoms with Crippen molar-refractivity contribution in [3.8, 4) is 6.07 Å². The normalized spacial score (nSPS) is 25.7. The van der Waals surface area contributed by atoms with Crippen LogP contribution in [0.2, 0.25) is 0 Å². The van der Waals surface area contributed by atoms with Gasteiger partial charge in [0.2, 0.25) is 5.91 Å². The number of nitrogens with one attached hydrogen (secondary N) is 1. The summed E-state index contributed by atoms with van der Waals surface area (Å²) in [7, 11) is 0. The molecule has 2 rings (SSSR count). The fraction of sp³-hybridized carbons (Fsp3) is 0.529. The fourth-order valence-electron chi connectivity index (χ4n) is 2.75. The molecule has 0 aromatic heterocycles. The third-order valence-corrected chi connectivity index (χ3v) is 4.20. The van der Waals surface area contributed by atoms with Crippen LogP contribution in [0.1, 0.15) is 44.6 Å². The lowest BCUT2D eigenvalue weighted by Crippen LogP contribution is -2.49. The third-order valence-electron chi connectivity index (χ3n) is 4.20. The molecule has 0 radical (unpaired) electrons. The van der Waals surface area contributed by atoms with Crippen molar-refractivity contribution in [2.75, 3.05) is 0 Å². The van der Waals surface area contributed by atoms with Crippen LogP contribution in [0.3, 0.4) is 0 Å². The van der Waals surface area contributed by atoms with E-state index in [-0.39, 0.29) is 5.91 Å². The topological polar surface area (TPSA) is 52.9 Å². The van der Waals surface area contributed by atoms with Gasteiger partial charge in [-0.25, -0.2) is 0 Å². The molecule has 1 saturated carbocycles. The predicted octanol–water partition coefficient (Wildman–Crippen LogP) is 3.21. The molecule has 0 unspecified atom stereocenters. The number of nitriles is 1. The van der Waals surface area contributed by atoms with Crippen LogP contribution in [-0.2, 0) is 11.2 Å². The first-order chi connectivity index (χ1) is 9.63. The Kier molecular flexibility index (Phi) is 4.79. The molecule has 0 spiro atoms. The molecule has 1 aromatic rings. The molecule has 0 atom stereocenters. The Balaban J connectivity index is 1.85. The zero-order valence-corrected chi connectivity index (χ0v) is 12.1. The Morgan fingerprint density at radius 1 is 1.35 bits per heavy atom. The van der Waals surface area contributed by atoms with E-state index in [4.69, 9.17) is 0 Å². The monoisotopic (exact) mass is 270 g/mol. The summed E-state index contributed by atoms with van der Waals surface area (Å²) in [4.78, 5) is 12.1. The lowest BCUT2D eigenvalue weighted by atomic mass is 9.78. The van der Waals surface area contributed by atoms with Crippen molar-refractivity contribution in [3.05, 3.63) is 35.9 Å². The molecule has 1 aliphatic carbocycles. The maximum atomic E-state index is 12.1. The summed E-state index contributed by atoms with van der Waals surface area (Å²) in [6, 6.07) is 12.3. The minimum absolute atomic E-state index is 0.00930. The number of hydrogen-bond acceptors (Lipinski definition) is 2. The summed E-state index contributed by atoms with van der Waals surface area (Å²) in [6.45, 7) is 2.21. The summed E-state index contributed by atoms with van der Waals surface area (Å²) >= 11 is 0. The lowest BCUT2D eigenvalue weighted by Gasteiger charge is -2.34.